The van der Waals surface area contributed by atoms with E-state index in [4.69, 9.17) is 9.47 Å². The molecule has 0 unspecified atom stereocenters. The van der Waals surface area contributed by atoms with Crippen molar-refractivity contribution in [2.24, 2.45) is 0 Å². The Bertz CT molecular complexity index is 925. The third-order valence-corrected chi connectivity index (χ3v) is 4.90. The fraction of sp³-hybridized carbons (Fsp3) is 0.208. The van der Waals surface area contributed by atoms with Gasteiger partial charge in [-0.3, -0.25) is 0 Å². The van der Waals surface area contributed by atoms with Crippen LogP contribution >= 0.6 is 0 Å². The zero-order valence-electron chi connectivity index (χ0n) is 15.7. The fourth-order valence-corrected chi connectivity index (χ4v) is 3.33. The maximum absolute atomic E-state index is 12.4. The van der Waals surface area contributed by atoms with Gasteiger partial charge in [0, 0.05) is 13.1 Å². The number of ether oxygens (including phenoxy) is 2. The highest BCUT2D eigenvalue weighted by Gasteiger charge is 2.22. The summed E-state index contributed by atoms with van der Waals surface area (Å²) in [6.45, 7) is 2.04. The van der Waals surface area contributed by atoms with Crippen molar-refractivity contribution < 1.29 is 14.3 Å². The average molecular weight is 373 g/mol. The lowest BCUT2D eigenvalue weighted by molar-refractivity contribution is 0.0918. The highest BCUT2D eigenvalue weighted by Crippen LogP contribution is 2.25. The quantitative estimate of drug-likeness (QED) is 0.634. The van der Waals surface area contributed by atoms with Crippen LogP contribution in [-0.2, 0) is 30.9 Å². The van der Waals surface area contributed by atoms with Gasteiger partial charge in [-0.1, -0.05) is 66.7 Å². The molecule has 0 spiro atoms. The molecule has 1 amide bonds. The molecule has 0 radical (unpaired) electrons. The van der Waals surface area contributed by atoms with Crippen LogP contribution in [0.2, 0.25) is 0 Å². The number of carbonyl (C=O) groups is 1. The van der Waals surface area contributed by atoms with E-state index in [-0.39, 0.29) is 6.09 Å². The minimum Gasteiger partial charge on any atom is -0.489 e. The predicted octanol–water partition coefficient (Wildman–Crippen LogP) is 4.96. The van der Waals surface area contributed by atoms with Gasteiger partial charge < -0.3 is 14.4 Å². The van der Waals surface area contributed by atoms with E-state index in [1.165, 1.54) is 5.56 Å². The van der Waals surface area contributed by atoms with Crippen LogP contribution in [0.4, 0.5) is 4.79 Å². The standard InChI is InChI=1S/C24H23NO3/c26-24(28-18-20-9-5-2-6-10-20)25-14-13-21-11-12-23(15-22(21)16-25)27-17-19-7-3-1-4-8-19/h1-12,15H,13-14,16-18H2. The van der Waals surface area contributed by atoms with Gasteiger partial charge >= 0.3 is 6.09 Å². The first kappa shape index (κ1) is 18.1. The number of hydrogen-bond acceptors (Lipinski definition) is 3. The first-order valence-electron chi connectivity index (χ1n) is 9.52. The van der Waals surface area contributed by atoms with Crippen LogP contribution in [0.15, 0.2) is 78.9 Å². The lowest BCUT2D eigenvalue weighted by atomic mass is 10.00. The van der Waals surface area contributed by atoms with E-state index in [0.717, 1.165) is 28.9 Å². The van der Waals surface area contributed by atoms with Crippen LogP contribution in [0.3, 0.4) is 0 Å². The van der Waals surface area contributed by atoms with Gasteiger partial charge in [0.1, 0.15) is 19.0 Å². The zero-order chi connectivity index (χ0) is 19.2. The predicted molar refractivity (Wildman–Crippen MR) is 108 cm³/mol. The van der Waals surface area contributed by atoms with E-state index < -0.39 is 0 Å². The molecule has 28 heavy (non-hydrogen) atoms. The van der Waals surface area contributed by atoms with E-state index in [9.17, 15) is 4.79 Å². The Balaban J connectivity index is 1.36. The highest BCUT2D eigenvalue weighted by atomic mass is 16.6. The lowest BCUT2D eigenvalue weighted by Gasteiger charge is -2.28. The van der Waals surface area contributed by atoms with Gasteiger partial charge in [-0.2, -0.15) is 0 Å². The van der Waals surface area contributed by atoms with E-state index >= 15 is 0 Å². The molecule has 0 saturated heterocycles. The van der Waals surface area contributed by atoms with Crippen LogP contribution < -0.4 is 4.74 Å². The van der Waals surface area contributed by atoms with Crippen molar-refractivity contribution in [2.45, 2.75) is 26.2 Å². The third kappa shape index (κ3) is 4.52. The molecule has 0 saturated carbocycles. The summed E-state index contributed by atoms with van der Waals surface area (Å²) in [5, 5.41) is 0. The lowest BCUT2D eigenvalue weighted by Crippen LogP contribution is -2.36. The third-order valence-electron chi connectivity index (χ3n) is 4.90. The number of benzene rings is 3. The van der Waals surface area contributed by atoms with Crippen molar-refractivity contribution in [3.63, 3.8) is 0 Å². The summed E-state index contributed by atoms with van der Waals surface area (Å²) < 4.78 is 11.4. The molecule has 0 aromatic heterocycles. The number of rotatable bonds is 5. The van der Waals surface area contributed by atoms with E-state index in [0.29, 0.717) is 26.3 Å². The molecule has 1 aliphatic heterocycles. The van der Waals surface area contributed by atoms with Crippen molar-refractivity contribution in [3.05, 3.63) is 101 Å². The Morgan fingerprint density at radius 3 is 2.21 bits per heavy atom. The van der Waals surface area contributed by atoms with Crippen molar-refractivity contribution >= 4 is 6.09 Å². The number of hydrogen-bond donors (Lipinski definition) is 0. The topological polar surface area (TPSA) is 38.8 Å². The minimum atomic E-state index is -0.273. The zero-order valence-corrected chi connectivity index (χ0v) is 15.7. The molecule has 1 heterocycles. The van der Waals surface area contributed by atoms with Crippen LogP contribution in [0.5, 0.6) is 5.75 Å². The number of nitrogens with zero attached hydrogens (tertiary/aromatic N) is 1. The molecular formula is C24H23NO3. The molecular weight excluding hydrogens is 350 g/mol. The highest BCUT2D eigenvalue weighted by molar-refractivity contribution is 5.68. The fourth-order valence-electron chi connectivity index (χ4n) is 3.33. The van der Waals surface area contributed by atoms with Crippen LogP contribution in [0, 0.1) is 0 Å². The second-order valence-corrected chi connectivity index (χ2v) is 6.92. The molecule has 0 aliphatic carbocycles. The summed E-state index contributed by atoms with van der Waals surface area (Å²) in [5.74, 6) is 0.821. The summed E-state index contributed by atoms with van der Waals surface area (Å²) in [5.41, 5.74) is 4.50. The minimum absolute atomic E-state index is 0.273. The molecule has 4 rings (SSSR count). The van der Waals surface area contributed by atoms with Gasteiger partial charge in [-0.15, -0.1) is 0 Å². The van der Waals surface area contributed by atoms with Crippen molar-refractivity contribution in [2.75, 3.05) is 6.54 Å². The maximum Gasteiger partial charge on any atom is 0.410 e. The summed E-state index contributed by atoms with van der Waals surface area (Å²) in [4.78, 5) is 14.2. The van der Waals surface area contributed by atoms with Gasteiger partial charge in [0.25, 0.3) is 0 Å². The second-order valence-electron chi connectivity index (χ2n) is 6.92. The van der Waals surface area contributed by atoms with E-state index in [1.54, 1.807) is 4.90 Å². The number of amides is 1. The molecule has 142 valence electrons. The van der Waals surface area contributed by atoms with E-state index in [1.807, 2.05) is 72.8 Å². The Labute approximate surface area is 165 Å². The van der Waals surface area contributed by atoms with E-state index in [2.05, 4.69) is 6.07 Å². The van der Waals surface area contributed by atoms with Gasteiger partial charge in [-0.25, -0.2) is 4.79 Å². The Hall–Kier alpha value is -3.27. The maximum atomic E-state index is 12.4. The molecule has 0 fully saturated rings. The smallest absolute Gasteiger partial charge is 0.410 e. The van der Waals surface area contributed by atoms with Gasteiger partial charge in [0.2, 0.25) is 0 Å². The monoisotopic (exact) mass is 373 g/mol. The molecule has 4 heteroatoms. The van der Waals surface area contributed by atoms with Crippen LogP contribution in [0.1, 0.15) is 22.3 Å². The summed E-state index contributed by atoms with van der Waals surface area (Å²) in [6, 6.07) is 26.0. The normalized spacial score (nSPS) is 12.9. The largest absolute Gasteiger partial charge is 0.489 e. The summed E-state index contributed by atoms with van der Waals surface area (Å²) in [6.07, 6.45) is 0.555. The van der Waals surface area contributed by atoms with Crippen molar-refractivity contribution in [1.29, 1.82) is 0 Å². The van der Waals surface area contributed by atoms with Crippen LogP contribution in [-0.4, -0.2) is 17.5 Å². The average Bonchev–Trinajstić information content (AvgIpc) is 2.77. The molecule has 3 aromatic carbocycles. The molecule has 1 aliphatic rings. The molecule has 0 bridgehead atoms. The summed E-state index contributed by atoms with van der Waals surface area (Å²) in [7, 11) is 0. The van der Waals surface area contributed by atoms with Crippen molar-refractivity contribution in [1.82, 2.24) is 4.90 Å². The molecule has 4 nitrogen and oxygen atoms in total. The molecule has 3 aromatic rings. The molecule has 0 atom stereocenters. The number of fused-ring (bicyclic) bond motifs is 1. The second kappa shape index (κ2) is 8.61. The van der Waals surface area contributed by atoms with Gasteiger partial charge in [0.05, 0.1) is 0 Å². The first-order chi connectivity index (χ1) is 13.8. The first-order valence-corrected chi connectivity index (χ1v) is 9.52. The van der Waals surface area contributed by atoms with Gasteiger partial charge in [-0.05, 0) is 40.8 Å². The summed E-state index contributed by atoms with van der Waals surface area (Å²) >= 11 is 0. The Morgan fingerprint density at radius 1 is 0.821 bits per heavy atom. The Morgan fingerprint density at radius 2 is 1.50 bits per heavy atom. The number of carbonyl (C=O) groups excluding carboxylic acids is 1. The SMILES string of the molecule is O=C(OCc1ccccc1)N1CCc2ccc(OCc3ccccc3)cc2C1. The Kier molecular flexibility index (Phi) is 5.57. The van der Waals surface area contributed by atoms with Gasteiger partial charge in [0.15, 0.2) is 0 Å². The van der Waals surface area contributed by atoms with Crippen LogP contribution in [0.25, 0.3) is 0 Å². The molecule has 0 N–H and O–H groups in total. The van der Waals surface area contributed by atoms with Crippen molar-refractivity contribution in [3.8, 4) is 5.75 Å².